The molecule has 0 radical (unpaired) electrons. The van der Waals surface area contributed by atoms with Crippen LogP contribution in [0.1, 0.15) is 188 Å². The predicted octanol–water partition coefficient (Wildman–Crippen LogP) is 12.7. The number of aromatic hydroxyl groups is 3. The van der Waals surface area contributed by atoms with Crippen molar-refractivity contribution in [3.63, 3.8) is 0 Å². The van der Waals surface area contributed by atoms with E-state index in [1.165, 1.54) is 16.7 Å². The summed E-state index contributed by atoms with van der Waals surface area (Å²) in [5.41, 5.74) is 8.85. The van der Waals surface area contributed by atoms with Crippen molar-refractivity contribution < 1.29 is 15.3 Å². The van der Waals surface area contributed by atoms with Gasteiger partial charge in [-0.2, -0.15) is 0 Å². The molecule has 0 unspecified atom stereocenters. The molecule has 3 N–H and O–H groups in total. The first-order valence-corrected chi connectivity index (χ1v) is 17.8. The predicted molar refractivity (Wildman–Crippen MR) is 209 cm³/mol. The van der Waals surface area contributed by atoms with Crippen LogP contribution in [0.5, 0.6) is 17.2 Å². The van der Waals surface area contributed by atoms with E-state index in [-0.39, 0.29) is 38.4 Å². The molecule has 48 heavy (non-hydrogen) atoms. The highest BCUT2D eigenvalue weighted by Gasteiger charge is 2.31. The van der Waals surface area contributed by atoms with Gasteiger partial charge < -0.3 is 15.3 Å². The van der Waals surface area contributed by atoms with Gasteiger partial charge in [0.15, 0.2) is 0 Å². The first kappa shape index (κ1) is 41.2. The molecule has 0 fully saturated rings. The van der Waals surface area contributed by atoms with Crippen molar-refractivity contribution in [2.45, 2.75) is 177 Å². The van der Waals surface area contributed by atoms with Gasteiger partial charge in [-0.25, -0.2) is 0 Å². The van der Waals surface area contributed by atoms with E-state index in [0.29, 0.717) is 17.2 Å². The second-order valence-electron chi connectivity index (χ2n) is 20.4. The van der Waals surface area contributed by atoms with Crippen LogP contribution in [0.3, 0.4) is 0 Å². The van der Waals surface area contributed by atoms with Crippen molar-refractivity contribution in [1.82, 2.24) is 0 Å². The highest BCUT2D eigenvalue weighted by atomic mass is 16.3. The monoisotopic (exact) mass is 659 g/mol. The van der Waals surface area contributed by atoms with Crippen LogP contribution < -0.4 is 0 Å². The molecule has 3 rings (SSSR count). The highest BCUT2D eigenvalue weighted by Crippen LogP contribution is 2.47. The van der Waals surface area contributed by atoms with Crippen molar-refractivity contribution in [3.8, 4) is 17.2 Å². The summed E-state index contributed by atoms with van der Waals surface area (Å²) in [6.45, 7) is 43.0. The lowest BCUT2D eigenvalue weighted by Gasteiger charge is -2.31. The molecular formula is C45H70O3. The van der Waals surface area contributed by atoms with Gasteiger partial charge in [-0.05, 0) is 72.8 Å². The Labute approximate surface area is 295 Å². The summed E-state index contributed by atoms with van der Waals surface area (Å²) in [6.07, 6.45) is 0. The largest absolute Gasteiger partial charge is 0.507 e. The second kappa shape index (κ2) is 13.4. The summed E-state index contributed by atoms with van der Waals surface area (Å²) in [5.74, 6) is 0.999. The van der Waals surface area contributed by atoms with Crippen LogP contribution in [-0.4, -0.2) is 15.3 Å². The lowest BCUT2D eigenvalue weighted by Crippen LogP contribution is -2.19. The minimum absolute atomic E-state index is 0.0178. The summed E-state index contributed by atoms with van der Waals surface area (Å²) < 4.78 is 0. The Bertz CT molecular complexity index is 1480. The smallest absolute Gasteiger partial charge is 0.123 e. The average molecular weight is 659 g/mol. The molecule has 0 heterocycles. The molecule has 0 aromatic heterocycles. The van der Waals surface area contributed by atoms with E-state index in [0.717, 1.165) is 33.4 Å². The van der Waals surface area contributed by atoms with Crippen LogP contribution in [0.25, 0.3) is 0 Å². The fraction of sp³-hybridized carbons (Fsp3) is 0.600. The van der Waals surface area contributed by atoms with Gasteiger partial charge in [-0.3, -0.25) is 0 Å². The Hall–Kier alpha value is -2.94. The first-order valence-electron chi connectivity index (χ1n) is 17.8. The third kappa shape index (κ3) is 9.60. The van der Waals surface area contributed by atoms with Gasteiger partial charge in [0.25, 0.3) is 0 Å². The van der Waals surface area contributed by atoms with E-state index in [1.807, 2.05) is 0 Å². The van der Waals surface area contributed by atoms with Gasteiger partial charge in [0, 0.05) is 17.0 Å². The van der Waals surface area contributed by atoms with E-state index >= 15 is 0 Å². The van der Waals surface area contributed by atoms with Gasteiger partial charge in [0.2, 0.25) is 0 Å². The molecule has 0 atom stereocenters. The van der Waals surface area contributed by atoms with Gasteiger partial charge in [0.1, 0.15) is 17.2 Å². The van der Waals surface area contributed by atoms with Crippen LogP contribution in [0.4, 0.5) is 0 Å². The zero-order chi connectivity index (χ0) is 37.7. The summed E-state index contributed by atoms with van der Waals surface area (Å²) in [7, 11) is 0. The number of hydrogen-bond donors (Lipinski definition) is 3. The second-order valence-corrected chi connectivity index (χ2v) is 20.4. The number of benzene rings is 3. The molecule has 3 aromatic rings. The Balaban J connectivity index is 0.000000419. The fourth-order valence-electron chi connectivity index (χ4n) is 6.07. The van der Waals surface area contributed by atoms with Crippen LogP contribution in [-0.2, 0) is 32.5 Å². The van der Waals surface area contributed by atoms with Crippen molar-refractivity contribution in [2.75, 3.05) is 0 Å². The summed E-state index contributed by atoms with van der Waals surface area (Å²) >= 11 is 0. The average Bonchev–Trinajstić information content (AvgIpc) is 2.86. The van der Waals surface area contributed by atoms with Crippen molar-refractivity contribution >= 4 is 0 Å². The molecule has 0 aliphatic carbocycles. The zero-order valence-electron chi connectivity index (χ0n) is 34.4. The number of hydrogen-bond acceptors (Lipinski definition) is 3. The molecule has 0 amide bonds. The number of phenolic OH excluding ortho intramolecular Hbond substituents is 3. The molecule has 0 saturated heterocycles. The Morgan fingerprint density at radius 1 is 0.375 bits per heavy atom. The maximum Gasteiger partial charge on any atom is 0.123 e. The topological polar surface area (TPSA) is 60.7 Å². The minimum Gasteiger partial charge on any atom is -0.507 e. The third-order valence-corrected chi connectivity index (χ3v) is 9.43. The lowest BCUT2D eigenvalue weighted by molar-refractivity contribution is 0.422. The third-order valence-electron chi connectivity index (χ3n) is 9.43. The Kier molecular flexibility index (Phi) is 11.5. The normalized spacial score (nSPS) is 13.4. The van der Waals surface area contributed by atoms with E-state index in [9.17, 15) is 15.3 Å². The van der Waals surface area contributed by atoms with Gasteiger partial charge in [-0.15, -0.1) is 0 Å². The van der Waals surface area contributed by atoms with Gasteiger partial charge in [-0.1, -0.05) is 174 Å². The molecule has 3 aromatic carbocycles. The first-order chi connectivity index (χ1) is 21.2. The molecule has 3 heteroatoms. The van der Waals surface area contributed by atoms with Gasteiger partial charge >= 0.3 is 0 Å². The highest BCUT2D eigenvalue weighted by molar-refractivity contribution is 5.57. The molecule has 0 aliphatic heterocycles. The standard InChI is InChI=1S/C30H46O2.C15H24O/c1-18(21-14-19(27(2,3)4)16-23(25(21)31)29(8,9)10)22-15-20(28(5,6)7)17-24(26(22)32)30(11,12)13;1-10-8-11(14(2,3)4)13(16)12(9-10)15(5,6)7/h14-18,31-32H,1-13H3;8-9,16H,1-7H3. The Morgan fingerprint density at radius 2 is 0.625 bits per heavy atom. The summed E-state index contributed by atoms with van der Waals surface area (Å²) in [4.78, 5) is 0. The molecule has 3 nitrogen and oxygen atoms in total. The summed E-state index contributed by atoms with van der Waals surface area (Å²) in [5, 5.41) is 33.2. The van der Waals surface area contributed by atoms with Gasteiger partial charge in [0.05, 0.1) is 0 Å². The van der Waals surface area contributed by atoms with Crippen molar-refractivity contribution in [1.29, 1.82) is 0 Å². The summed E-state index contributed by atoms with van der Waals surface area (Å²) in [6, 6.07) is 12.7. The molecule has 0 aliphatic rings. The van der Waals surface area contributed by atoms with E-state index in [1.54, 1.807) is 0 Å². The van der Waals surface area contributed by atoms with E-state index < -0.39 is 0 Å². The van der Waals surface area contributed by atoms with Crippen LogP contribution in [0.15, 0.2) is 36.4 Å². The molecule has 0 spiro atoms. The van der Waals surface area contributed by atoms with Crippen LogP contribution >= 0.6 is 0 Å². The SMILES string of the molecule is CC(c1cc(C(C)(C)C)cc(C(C)(C)C)c1O)c1cc(C(C)(C)C)cc(C(C)(C)C)c1O.Cc1cc(C(C)(C)C)c(O)c(C(C)(C)C)c1. The molecule has 0 saturated carbocycles. The molecular weight excluding hydrogens is 588 g/mol. The molecule has 268 valence electrons. The quantitative estimate of drug-likeness (QED) is 0.257. The number of aryl methyl sites for hydroxylation is 1. The Morgan fingerprint density at radius 3 is 0.854 bits per heavy atom. The number of rotatable bonds is 2. The van der Waals surface area contributed by atoms with E-state index in [4.69, 9.17) is 0 Å². The maximum absolute atomic E-state index is 11.4. The van der Waals surface area contributed by atoms with Crippen LogP contribution in [0, 0.1) is 6.92 Å². The lowest BCUT2D eigenvalue weighted by atomic mass is 9.74. The fourth-order valence-corrected chi connectivity index (χ4v) is 6.07. The maximum atomic E-state index is 11.4. The van der Waals surface area contributed by atoms with E-state index in [2.05, 4.69) is 175 Å². The minimum atomic E-state index is -0.189. The zero-order valence-corrected chi connectivity index (χ0v) is 34.4. The van der Waals surface area contributed by atoms with Crippen molar-refractivity contribution in [2.24, 2.45) is 0 Å². The molecule has 0 bridgehead atoms. The van der Waals surface area contributed by atoms with Crippen LogP contribution in [0.2, 0.25) is 0 Å². The number of phenols is 3. The van der Waals surface area contributed by atoms with Crippen molar-refractivity contribution in [3.05, 3.63) is 86.5 Å².